The summed E-state index contributed by atoms with van der Waals surface area (Å²) in [5, 5.41) is 10.9. The number of hydrogen-bond donors (Lipinski definition) is 4. The van der Waals surface area contributed by atoms with Crippen molar-refractivity contribution in [3.05, 3.63) is 104 Å². The molecule has 8 heteroatoms. The fourth-order valence-electron chi connectivity index (χ4n) is 4.57. The number of imidazole rings is 1. The van der Waals surface area contributed by atoms with E-state index in [1.54, 1.807) is 30.5 Å². The number of terminal acetylenes is 1. The van der Waals surface area contributed by atoms with E-state index in [1.165, 1.54) is 19.1 Å². The molecule has 0 radical (unpaired) electrons. The van der Waals surface area contributed by atoms with Crippen LogP contribution >= 0.6 is 0 Å². The highest BCUT2D eigenvalue weighted by Crippen LogP contribution is 2.40. The number of ketones is 1. The summed E-state index contributed by atoms with van der Waals surface area (Å²) in [6.45, 7) is 1.75. The van der Waals surface area contributed by atoms with Gasteiger partial charge >= 0.3 is 5.69 Å². The zero-order valence-electron chi connectivity index (χ0n) is 19.9. The Morgan fingerprint density at radius 2 is 2.00 bits per heavy atom. The van der Waals surface area contributed by atoms with E-state index >= 15 is 4.39 Å². The number of nitrogens with zero attached hydrogens (tertiary/aromatic N) is 1. The maximum absolute atomic E-state index is 15.2. The first-order chi connectivity index (χ1) is 17.9. The van der Waals surface area contributed by atoms with Crippen LogP contribution in [0.1, 0.15) is 51.0 Å². The average molecular weight is 492 g/mol. The molecule has 3 aromatic carbocycles. The topological polar surface area (TPSA) is 114 Å². The van der Waals surface area contributed by atoms with Crippen LogP contribution in [0.5, 0.6) is 0 Å². The quantitative estimate of drug-likeness (QED) is 0.169. The van der Waals surface area contributed by atoms with Crippen molar-refractivity contribution in [3.8, 4) is 12.3 Å². The van der Waals surface area contributed by atoms with Gasteiger partial charge in [0.1, 0.15) is 11.5 Å². The summed E-state index contributed by atoms with van der Waals surface area (Å²) in [6, 6.07) is 14.0. The van der Waals surface area contributed by atoms with Gasteiger partial charge in [0, 0.05) is 47.3 Å². The normalized spacial score (nSPS) is 14.4. The number of carbonyl (C=O) groups excluding carboxylic acids is 1. The molecule has 2 heterocycles. The molecule has 1 aromatic heterocycles. The third kappa shape index (κ3) is 4.50. The first-order valence-corrected chi connectivity index (χ1v) is 11.5. The van der Waals surface area contributed by atoms with Gasteiger partial charge in [-0.05, 0) is 66.1 Å². The molecule has 0 saturated heterocycles. The fourth-order valence-corrected chi connectivity index (χ4v) is 4.57. The van der Waals surface area contributed by atoms with Crippen molar-refractivity contribution in [2.24, 2.45) is 4.99 Å². The van der Waals surface area contributed by atoms with Crippen LogP contribution in [0.2, 0.25) is 0 Å². The molecule has 1 aliphatic rings. The molecule has 1 atom stereocenters. The van der Waals surface area contributed by atoms with Gasteiger partial charge in [0.2, 0.25) is 0 Å². The predicted molar refractivity (Wildman–Crippen MR) is 143 cm³/mol. The molecule has 0 spiro atoms. The van der Waals surface area contributed by atoms with Crippen molar-refractivity contribution in [2.75, 3.05) is 0 Å². The van der Waals surface area contributed by atoms with Crippen LogP contribution in [0, 0.1) is 23.6 Å². The number of aliphatic imine (C=N–C) groups is 1. The molecule has 0 saturated carbocycles. The minimum absolute atomic E-state index is 0.115. The smallest absolute Gasteiger partial charge is 0.323 e. The number of fused-ring (bicyclic) bond motifs is 2. The average Bonchev–Trinajstić information content (AvgIpc) is 3.48. The van der Waals surface area contributed by atoms with Gasteiger partial charge in [0.15, 0.2) is 5.78 Å². The maximum Gasteiger partial charge on any atom is 0.323 e. The summed E-state index contributed by atoms with van der Waals surface area (Å²) in [5.74, 6) is 1.62. The number of allylic oxidation sites excluding steroid dienone is 1. The number of hydrogen-bond acceptors (Lipinski definition) is 5. The third-order valence-electron chi connectivity index (χ3n) is 6.37. The Hall–Kier alpha value is -5.03. The van der Waals surface area contributed by atoms with Crippen LogP contribution in [0.3, 0.4) is 0 Å². The Kier molecular flexibility index (Phi) is 6.12. The number of nitrogens with one attached hydrogen (secondary N) is 4. The fraction of sp³-hybridized carbons (Fsp3) is 0.103. The van der Waals surface area contributed by atoms with Crippen LogP contribution in [0.25, 0.3) is 16.7 Å². The lowest BCUT2D eigenvalue weighted by molar-refractivity contribution is 0.101. The lowest BCUT2D eigenvalue weighted by atomic mass is 9.91. The molecule has 182 valence electrons. The van der Waals surface area contributed by atoms with Crippen LogP contribution in [0.15, 0.2) is 64.4 Å². The number of aromatic nitrogens is 2. The van der Waals surface area contributed by atoms with E-state index < -0.39 is 5.82 Å². The number of benzene rings is 3. The van der Waals surface area contributed by atoms with Gasteiger partial charge in [-0.3, -0.25) is 9.79 Å². The monoisotopic (exact) mass is 491 g/mol. The van der Waals surface area contributed by atoms with E-state index in [2.05, 4.69) is 26.2 Å². The van der Waals surface area contributed by atoms with Crippen molar-refractivity contribution in [2.45, 2.75) is 19.4 Å². The van der Waals surface area contributed by atoms with Crippen LogP contribution in [-0.2, 0) is 6.54 Å². The number of H-pyrrole nitrogens is 2. The van der Waals surface area contributed by atoms with E-state index in [-0.39, 0.29) is 29.6 Å². The largest absolute Gasteiger partial charge is 0.380 e. The van der Waals surface area contributed by atoms with E-state index in [1.807, 2.05) is 18.2 Å². The van der Waals surface area contributed by atoms with Crippen molar-refractivity contribution in [3.63, 3.8) is 0 Å². The van der Waals surface area contributed by atoms with Gasteiger partial charge in [-0.2, -0.15) is 0 Å². The van der Waals surface area contributed by atoms with E-state index in [4.69, 9.17) is 11.8 Å². The number of halogens is 1. The molecule has 4 aromatic rings. The number of carbonyl (C=O) groups is 1. The molecule has 0 fully saturated rings. The lowest BCUT2D eigenvalue weighted by Gasteiger charge is -2.16. The summed E-state index contributed by atoms with van der Waals surface area (Å²) in [7, 11) is 0. The molecule has 0 bridgehead atoms. The van der Waals surface area contributed by atoms with Gasteiger partial charge in [-0.15, -0.1) is 6.42 Å². The summed E-state index contributed by atoms with van der Waals surface area (Å²) >= 11 is 0. The summed E-state index contributed by atoms with van der Waals surface area (Å²) in [5.41, 5.74) is 5.73. The van der Waals surface area contributed by atoms with Crippen LogP contribution < -0.4 is 11.0 Å². The molecule has 0 amide bonds. The molecular weight excluding hydrogens is 469 g/mol. The zero-order chi connectivity index (χ0) is 26.1. The molecular formula is C29H22FN5O2. The minimum atomic E-state index is -0.483. The number of rotatable bonds is 7. The second-order valence-electron chi connectivity index (χ2n) is 8.71. The Morgan fingerprint density at radius 3 is 2.76 bits per heavy atom. The molecule has 1 unspecified atom stereocenters. The molecule has 0 aliphatic carbocycles. The third-order valence-corrected chi connectivity index (χ3v) is 6.37. The van der Waals surface area contributed by atoms with Crippen molar-refractivity contribution >= 4 is 40.6 Å². The minimum Gasteiger partial charge on any atom is -0.380 e. The van der Waals surface area contributed by atoms with E-state index in [9.17, 15) is 9.59 Å². The zero-order valence-corrected chi connectivity index (χ0v) is 19.9. The highest BCUT2D eigenvalue weighted by molar-refractivity contribution is 5.96. The second-order valence-corrected chi connectivity index (χ2v) is 8.71. The van der Waals surface area contributed by atoms with Gasteiger partial charge < -0.3 is 20.7 Å². The Labute approximate surface area is 211 Å². The molecule has 7 nitrogen and oxygen atoms in total. The maximum atomic E-state index is 15.2. The second kappa shape index (κ2) is 9.55. The SMILES string of the molecule is C#Cc1ccc(CN/C(=C\C=N)c2cc(F)c3c(c2)C(c2ccc4[nH]c(=O)[nH]c4c2)C=N3)c(C(C)=O)c1. The predicted octanol–water partition coefficient (Wildman–Crippen LogP) is 4.81. The van der Waals surface area contributed by atoms with Gasteiger partial charge in [-0.1, -0.05) is 18.1 Å². The Balaban J connectivity index is 1.48. The van der Waals surface area contributed by atoms with Crippen molar-refractivity contribution in [1.82, 2.24) is 15.3 Å². The van der Waals surface area contributed by atoms with Crippen molar-refractivity contribution < 1.29 is 9.18 Å². The Morgan fingerprint density at radius 1 is 1.19 bits per heavy atom. The highest BCUT2D eigenvalue weighted by atomic mass is 19.1. The molecule has 37 heavy (non-hydrogen) atoms. The van der Waals surface area contributed by atoms with Gasteiger partial charge in [0.05, 0.1) is 11.0 Å². The summed E-state index contributed by atoms with van der Waals surface area (Å²) in [6.07, 6.45) is 9.81. The number of aromatic amines is 2. The van der Waals surface area contributed by atoms with Crippen LogP contribution in [-0.4, -0.2) is 28.2 Å². The van der Waals surface area contributed by atoms with E-state index in [0.717, 1.165) is 17.3 Å². The molecule has 5 rings (SSSR count). The van der Waals surface area contributed by atoms with Gasteiger partial charge in [-0.25, -0.2) is 9.18 Å². The first-order valence-electron chi connectivity index (χ1n) is 11.5. The lowest BCUT2D eigenvalue weighted by Crippen LogP contribution is -2.15. The van der Waals surface area contributed by atoms with E-state index in [0.29, 0.717) is 39.0 Å². The van der Waals surface area contributed by atoms with Gasteiger partial charge in [0.25, 0.3) is 0 Å². The highest BCUT2D eigenvalue weighted by Gasteiger charge is 2.25. The van der Waals surface area contributed by atoms with Crippen molar-refractivity contribution in [1.29, 1.82) is 5.41 Å². The summed E-state index contributed by atoms with van der Waals surface area (Å²) in [4.78, 5) is 33.6. The first kappa shape index (κ1) is 23.7. The molecule has 4 N–H and O–H groups in total. The van der Waals surface area contributed by atoms with Crippen LogP contribution in [0.4, 0.5) is 10.1 Å². The standard InChI is InChI=1S/C29H22FN5O2/c1-3-17-4-5-19(21(10-17)16(2)36)14-32-25(8-9-31)20-11-22-23(15-33-28(22)24(30)12-20)18-6-7-26-27(13-18)35-29(37)34-26/h1,4-13,15,23,31-32H,14H2,2H3,(H2,34,35,37)/b25-8-,31-9?. The summed E-state index contributed by atoms with van der Waals surface area (Å²) < 4.78 is 15.2. The number of Topliss-reactive ketones (excluding diaryl/α,β-unsaturated/α-hetero) is 1. The Bertz CT molecular complexity index is 1740. The molecule has 1 aliphatic heterocycles.